The van der Waals surface area contributed by atoms with Crippen LogP contribution in [-0.4, -0.2) is 48.9 Å². The third kappa shape index (κ3) is 4.98. The van der Waals surface area contributed by atoms with Gasteiger partial charge in [-0.2, -0.15) is 0 Å². The molecule has 150 valence electrons. The number of hydrogen-bond acceptors (Lipinski definition) is 6. The average Bonchev–Trinajstić information content (AvgIpc) is 2.94. The standard InChI is InChI=1S/C21H20N2O6/c1-23-20(26)16-10-9-14(12-17(16)21(23)27)22-18(24)13-29-19(25)8-5-11-28-15-6-3-2-4-7-15/h2-4,6-7,9-10,12H,5,8,11,13H2,1H3,(H,22,24). The number of carbonyl (C=O) groups excluding carboxylic acids is 4. The van der Waals surface area contributed by atoms with Gasteiger partial charge >= 0.3 is 5.97 Å². The maximum absolute atomic E-state index is 12.0. The van der Waals surface area contributed by atoms with Crippen LogP contribution in [0.25, 0.3) is 0 Å². The van der Waals surface area contributed by atoms with E-state index >= 15 is 0 Å². The number of esters is 1. The predicted octanol–water partition coefficient (Wildman–Crippen LogP) is 2.25. The monoisotopic (exact) mass is 396 g/mol. The summed E-state index contributed by atoms with van der Waals surface area (Å²) < 4.78 is 10.4. The maximum atomic E-state index is 12.0. The van der Waals surface area contributed by atoms with Crippen LogP contribution in [0.5, 0.6) is 5.75 Å². The van der Waals surface area contributed by atoms with Crippen molar-refractivity contribution in [3.05, 3.63) is 59.7 Å². The Bertz CT molecular complexity index is 941. The van der Waals surface area contributed by atoms with E-state index in [0.717, 1.165) is 10.6 Å². The Morgan fingerprint density at radius 2 is 1.72 bits per heavy atom. The van der Waals surface area contributed by atoms with Gasteiger partial charge in [-0.1, -0.05) is 18.2 Å². The third-order valence-corrected chi connectivity index (χ3v) is 4.27. The number of rotatable bonds is 8. The van der Waals surface area contributed by atoms with Gasteiger partial charge in [-0.15, -0.1) is 0 Å². The van der Waals surface area contributed by atoms with Crippen molar-refractivity contribution in [3.8, 4) is 5.75 Å². The summed E-state index contributed by atoms with van der Waals surface area (Å²) in [5.41, 5.74) is 0.864. The molecule has 0 fully saturated rings. The number of anilines is 1. The van der Waals surface area contributed by atoms with E-state index in [1.165, 1.54) is 25.2 Å². The van der Waals surface area contributed by atoms with E-state index < -0.39 is 24.4 Å². The zero-order valence-electron chi connectivity index (χ0n) is 15.8. The summed E-state index contributed by atoms with van der Waals surface area (Å²) >= 11 is 0. The Kier molecular flexibility index (Phi) is 6.23. The Morgan fingerprint density at radius 3 is 2.48 bits per heavy atom. The second-order valence-electron chi connectivity index (χ2n) is 6.40. The van der Waals surface area contributed by atoms with E-state index in [0.29, 0.717) is 24.3 Å². The lowest BCUT2D eigenvalue weighted by Gasteiger charge is -2.08. The van der Waals surface area contributed by atoms with Crippen molar-refractivity contribution in [2.24, 2.45) is 0 Å². The zero-order chi connectivity index (χ0) is 20.8. The number of nitrogens with one attached hydrogen (secondary N) is 1. The van der Waals surface area contributed by atoms with Crippen LogP contribution in [0.2, 0.25) is 0 Å². The highest BCUT2D eigenvalue weighted by Gasteiger charge is 2.32. The first-order chi connectivity index (χ1) is 14.0. The highest BCUT2D eigenvalue weighted by atomic mass is 16.5. The summed E-state index contributed by atoms with van der Waals surface area (Å²) in [7, 11) is 1.40. The van der Waals surface area contributed by atoms with Crippen LogP contribution in [0, 0.1) is 0 Å². The van der Waals surface area contributed by atoms with E-state index in [1.807, 2.05) is 30.3 Å². The van der Waals surface area contributed by atoms with Gasteiger partial charge in [0.2, 0.25) is 0 Å². The normalized spacial score (nSPS) is 12.5. The summed E-state index contributed by atoms with van der Waals surface area (Å²) in [5.74, 6) is -1.13. The molecule has 0 saturated carbocycles. The number of benzene rings is 2. The van der Waals surface area contributed by atoms with Crippen LogP contribution < -0.4 is 10.1 Å². The number of fused-ring (bicyclic) bond motifs is 1. The fourth-order valence-electron chi connectivity index (χ4n) is 2.78. The lowest BCUT2D eigenvalue weighted by Crippen LogP contribution is -2.24. The van der Waals surface area contributed by atoms with E-state index in [9.17, 15) is 19.2 Å². The first-order valence-electron chi connectivity index (χ1n) is 9.05. The number of hydrogen-bond donors (Lipinski definition) is 1. The van der Waals surface area contributed by atoms with Crippen molar-refractivity contribution in [2.75, 3.05) is 25.6 Å². The molecular formula is C21H20N2O6. The Labute approximate surface area is 167 Å². The minimum atomic E-state index is -0.538. The van der Waals surface area contributed by atoms with Crippen molar-refractivity contribution in [3.63, 3.8) is 0 Å². The summed E-state index contributed by atoms with van der Waals surface area (Å²) in [6.07, 6.45) is 0.589. The van der Waals surface area contributed by atoms with Crippen molar-refractivity contribution in [1.82, 2.24) is 4.90 Å². The van der Waals surface area contributed by atoms with Crippen molar-refractivity contribution in [2.45, 2.75) is 12.8 Å². The predicted molar refractivity (Wildman–Crippen MR) is 104 cm³/mol. The van der Waals surface area contributed by atoms with Gasteiger partial charge in [0.1, 0.15) is 5.75 Å². The third-order valence-electron chi connectivity index (χ3n) is 4.27. The summed E-state index contributed by atoms with van der Waals surface area (Å²) in [6, 6.07) is 13.7. The molecule has 2 aromatic carbocycles. The minimum Gasteiger partial charge on any atom is -0.494 e. The molecular weight excluding hydrogens is 376 g/mol. The minimum absolute atomic E-state index is 0.127. The number of imide groups is 1. The molecule has 0 saturated heterocycles. The molecule has 0 bridgehead atoms. The average molecular weight is 396 g/mol. The largest absolute Gasteiger partial charge is 0.494 e. The molecule has 8 heteroatoms. The fourth-order valence-corrected chi connectivity index (χ4v) is 2.78. The molecule has 1 heterocycles. The van der Waals surface area contributed by atoms with Crippen molar-refractivity contribution >= 4 is 29.4 Å². The molecule has 8 nitrogen and oxygen atoms in total. The molecule has 0 aromatic heterocycles. The van der Waals surface area contributed by atoms with Crippen LogP contribution in [0.15, 0.2) is 48.5 Å². The molecule has 2 aromatic rings. The van der Waals surface area contributed by atoms with Crippen LogP contribution in [0.4, 0.5) is 5.69 Å². The van der Waals surface area contributed by atoms with Gasteiger partial charge in [0, 0.05) is 19.2 Å². The Morgan fingerprint density at radius 1 is 1.00 bits per heavy atom. The van der Waals surface area contributed by atoms with E-state index in [1.54, 1.807) is 0 Å². The van der Waals surface area contributed by atoms with Gasteiger partial charge in [0.05, 0.1) is 17.7 Å². The molecule has 1 aliphatic rings. The number of amides is 3. The Balaban J connectivity index is 1.39. The molecule has 0 aliphatic carbocycles. The molecule has 3 rings (SSSR count). The number of carbonyl (C=O) groups is 4. The second-order valence-corrected chi connectivity index (χ2v) is 6.40. The van der Waals surface area contributed by atoms with Crippen LogP contribution in [-0.2, 0) is 14.3 Å². The molecule has 0 radical (unpaired) electrons. The molecule has 0 unspecified atom stereocenters. The van der Waals surface area contributed by atoms with Crippen LogP contribution >= 0.6 is 0 Å². The van der Waals surface area contributed by atoms with Crippen molar-refractivity contribution < 1.29 is 28.7 Å². The van der Waals surface area contributed by atoms with Crippen LogP contribution in [0.1, 0.15) is 33.6 Å². The summed E-state index contributed by atoms with van der Waals surface area (Å²) in [5, 5.41) is 2.54. The van der Waals surface area contributed by atoms with Gasteiger partial charge in [-0.3, -0.25) is 24.1 Å². The van der Waals surface area contributed by atoms with Gasteiger partial charge in [0.15, 0.2) is 6.61 Å². The van der Waals surface area contributed by atoms with Crippen LogP contribution in [0.3, 0.4) is 0 Å². The second kappa shape index (κ2) is 9.01. The zero-order valence-corrected chi connectivity index (χ0v) is 15.8. The lowest BCUT2D eigenvalue weighted by atomic mass is 10.1. The Hall–Kier alpha value is -3.68. The topological polar surface area (TPSA) is 102 Å². The number of para-hydroxylation sites is 1. The summed E-state index contributed by atoms with van der Waals surface area (Å²) in [6.45, 7) is -0.0795. The molecule has 29 heavy (non-hydrogen) atoms. The molecule has 1 N–H and O–H groups in total. The molecule has 1 aliphatic heterocycles. The van der Waals surface area contributed by atoms with Gasteiger partial charge < -0.3 is 14.8 Å². The number of ether oxygens (including phenoxy) is 2. The SMILES string of the molecule is CN1C(=O)c2ccc(NC(=O)COC(=O)CCCOc3ccccc3)cc2C1=O. The molecule has 0 atom stereocenters. The smallest absolute Gasteiger partial charge is 0.306 e. The van der Waals surface area contributed by atoms with Gasteiger partial charge in [-0.25, -0.2) is 0 Å². The van der Waals surface area contributed by atoms with Gasteiger partial charge in [-0.05, 0) is 36.8 Å². The molecule has 3 amide bonds. The quantitative estimate of drug-likeness (QED) is 0.417. The van der Waals surface area contributed by atoms with E-state index in [4.69, 9.17) is 9.47 Å². The van der Waals surface area contributed by atoms with E-state index in [2.05, 4.69) is 5.32 Å². The lowest BCUT2D eigenvalue weighted by molar-refractivity contribution is -0.147. The first-order valence-corrected chi connectivity index (χ1v) is 9.05. The summed E-state index contributed by atoms with van der Waals surface area (Å²) in [4.78, 5) is 48.6. The first kappa shape index (κ1) is 20.1. The van der Waals surface area contributed by atoms with E-state index in [-0.39, 0.29) is 17.9 Å². The highest BCUT2D eigenvalue weighted by Crippen LogP contribution is 2.24. The van der Waals surface area contributed by atoms with Gasteiger partial charge in [0.25, 0.3) is 17.7 Å². The number of nitrogens with zero attached hydrogens (tertiary/aromatic N) is 1. The molecule has 0 spiro atoms. The maximum Gasteiger partial charge on any atom is 0.306 e. The highest BCUT2D eigenvalue weighted by molar-refractivity contribution is 6.21. The fraction of sp³-hybridized carbons (Fsp3) is 0.238. The van der Waals surface area contributed by atoms with Crippen molar-refractivity contribution in [1.29, 1.82) is 0 Å².